The number of hydrogen-bond acceptors (Lipinski definition) is 5. The monoisotopic (exact) mass is 543 g/mol. The van der Waals surface area contributed by atoms with Crippen LogP contribution in [0.1, 0.15) is 45.1 Å². The standard InChI is InChI=1S/C31H28F3N5O/c1-20-5-6-23(14-22(20)7-8-25-17-35-16-24-4-3-11-37-29(24)25)30(40)38-27-10-9-26(28(15-27)31(32,33)34)19-39-13-12-36-21(2)18-39/h3-6,9-11,14-17,21,36H,12-13,18-19H2,1-2H3,(H,38,40). The van der Waals surface area contributed by atoms with Gasteiger partial charge in [0.25, 0.3) is 5.91 Å². The lowest BCUT2D eigenvalue weighted by Crippen LogP contribution is -2.48. The molecule has 1 amide bonds. The summed E-state index contributed by atoms with van der Waals surface area (Å²) in [5.41, 5.74) is 2.67. The smallest absolute Gasteiger partial charge is 0.322 e. The van der Waals surface area contributed by atoms with Crippen LogP contribution >= 0.6 is 0 Å². The maximum atomic E-state index is 14.0. The SMILES string of the molecule is Cc1ccc(C(=O)Nc2ccc(CN3CCNC(C)C3)c(C(F)(F)F)c2)cc1C#Cc1cncc2cccnc12. The molecule has 4 aromatic rings. The highest BCUT2D eigenvalue weighted by molar-refractivity contribution is 6.04. The zero-order valence-corrected chi connectivity index (χ0v) is 22.1. The van der Waals surface area contributed by atoms with Crippen molar-refractivity contribution >= 4 is 22.5 Å². The van der Waals surface area contributed by atoms with E-state index in [1.807, 2.05) is 30.9 Å². The van der Waals surface area contributed by atoms with E-state index >= 15 is 0 Å². The molecule has 40 heavy (non-hydrogen) atoms. The van der Waals surface area contributed by atoms with Crippen molar-refractivity contribution in [1.82, 2.24) is 20.2 Å². The van der Waals surface area contributed by atoms with Gasteiger partial charge in [-0.05, 0) is 61.4 Å². The number of piperazine rings is 1. The number of pyridine rings is 2. The van der Waals surface area contributed by atoms with Gasteiger partial charge in [-0.3, -0.25) is 19.7 Å². The molecule has 2 aromatic heterocycles. The summed E-state index contributed by atoms with van der Waals surface area (Å²) in [6, 6.07) is 12.9. The highest BCUT2D eigenvalue weighted by Crippen LogP contribution is 2.34. The number of anilines is 1. The minimum atomic E-state index is -4.55. The summed E-state index contributed by atoms with van der Waals surface area (Å²) in [5, 5.41) is 6.78. The van der Waals surface area contributed by atoms with E-state index in [2.05, 4.69) is 32.4 Å². The van der Waals surface area contributed by atoms with E-state index in [0.717, 1.165) is 29.1 Å². The first kappa shape index (κ1) is 27.3. The summed E-state index contributed by atoms with van der Waals surface area (Å²) in [5.74, 6) is 5.66. The predicted octanol–water partition coefficient (Wildman–Crippen LogP) is 5.40. The Hall–Kier alpha value is -4.26. The maximum absolute atomic E-state index is 14.0. The number of halogens is 3. The number of rotatable bonds is 4. The Morgan fingerprint density at radius 3 is 2.75 bits per heavy atom. The van der Waals surface area contributed by atoms with Crippen LogP contribution < -0.4 is 10.6 Å². The van der Waals surface area contributed by atoms with Crippen LogP contribution in [0.5, 0.6) is 0 Å². The number of amides is 1. The number of aryl methyl sites for hydroxylation is 1. The number of nitrogens with one attached hydrogen (secondary N) is 2. The Morgan fingerprint density at radius 1 is 1.12 bits per heavy atom. The number of aromatic nitrogens is 2. The summed E-state index contributed by atoms with van der Waals surface area (Å²) in [6.07, 6.45) is 0.491. The highest BCUT2D eigenvalue weighted by atomic mass is 19.4. The first-order chi connectivity index (χ1) is 19.2. The molecular weight excluding hydrogens is 515 g/mol. The van der Waals surface area contributed by atoms with Crippen molar-refractivity contribution in [2.45, 2.75) is 32.6 Å². The van der Waals surface area contributed by atoms with Crippen LogP contribution in [0, 0.1) is 18.8 Å². The van der Waals surface area contributed by atoms with Gasteiger partial charge in [0.15, 0.2) is 0 Å². The average Bonchev–Trinajstić information content (AvgIpc) is 2.93. The number of fused-ring (bicyclic) bond motifs is 1. The minimum Gasteiger partial charge on any atom is -0.322 e. The first-order valence-electron chi connectivity index (χ1n) is 13.0. The fourth-order valence-electron chi connectivity index (χ4n) is 4.78. The molecule has 2 N–H and O–H groups in total. The molecule has 3 heterocycles. The summed E-state index contributed by atoms with van der Waals surface area (Å²) in [7, 11) is 0. The Morgan fingerprint density at radius 2 is 1.95 bits per heavy atom. The molecule has 0 spiro atoms. The van der Waals surface area contributed by atoms with E-state index in [4.69, 9.17) is 0 Å². The van der Waals surface area contributed by atoms with Crippen molar-refractivity contribution in [1.29, 1.82) is 0 Å². The van der Waals surface area contributed by atoms with Crippen molar-refractivity contribution < 1.29 is 18.0 Å². The Bertz CT molecular complexity index is 1620. The van der Waals surface area contributed by atoms with Crippen LogP contribution in [0.4, 0.5) is 18.9 Å². The van der Waals surface area contributed by atoms with E-state index in [1.54, 1.807) is 36.8 Å². The highest BCUT2D eigenvalue weighted by Gasteiger charge is 2.34. The van der Waals surface area contributed by atoms with Gasteiger partial charge < -0.3 is 10.6 Å². The largest absolute Gasteiger partial charge is 0.416 e. The van der Waals surface area contributed by atoms with Crippen LogP contribution in [-0.2, 0) is 12.7 Å². The maximum Gasteiger partial charge on any atom is 0.416 e. The molecule has 1 aliphatic rings. The van der Waals surface area contributed by atoms with Crippen LogP contribution in [-0.4, -0.2) is 46.5 Å². The number of benzene rings is 2. The van der Waals surface area contributed by atoms with Gasteiger partial charge in [-0.15, -0.1) is 0 Å². The lowest BCUT2D eigenvalue weighted by atomic mass is 10.0. The van der Waals surface area contributed by atoms with E-state index in [9.17, 15) is 18.0 Å². The Balaban J connectivity index is 1.37. The second-order valence-corrected chi connectivity index (χ2v) is 9.96. The van der Waals surface area contributed by atoms with Gasteiger partial charge in [-0.25, -0.2) is 0 Å². The van der Waals surface area contributed by atoms with E-state index in [-0.39, 0.29) is 29.4 Å². The number of carbonyl (C=O) groups is 1. The number of nitrogens with zero attached hydrogens (tertiary/aromatic N) is 3. The average molecular weight is 544 g/mol. The van der Waals surface area contributed by atoms with Crippen molar-refractivity contribution in [3.63, 3.8) is 0 Å². The van der Waals surface area contributed by atoms with Gasteiger partial charge >= 0.3 is 6.18 Å². The molecule has 9 heteroatoms. The van der Waals surface area contributed by atoms with Gasteiger partial charge in [0, 0.05) is 73.0 Å². The summed E-state index contributed by atoms with van der Waals surface area (Å²) < 4.78 is 41.9. The third-order valence-electron chi connectivity index (χ3n) is 6.86. The molecule has 204 valence electrons. The van der Waals surface area contributed by atoms with Gasteiger partial charge in [0.05, 0.1) is 16.6 Å². The lowest BCUT2D eigenvalue weighted by molar-refractivity contribution is -0.138. The molecule has 2 aromatic carbocycles. The van der Waals surface area contributed by atoms with Crippen molar-refractivity contribution in [2.24, 2.45) is 0 Å². The second kappa shape index (κ2) is 11.5. The number of hydrogen-bond donors (Lipinski definition) is 2. The molecular formula is C31H28F3N5O. The summed E-state index contributed by atoms with van der Waals surface area (Å²) in [6.45, 7) is 6.15. The normalized spacial score (nSPS) is 15.9. The van der Waals surface area contributed by atoms with Gasteiger partial charge in [0.2, 0.25) is 0 Å². The molecule has 1 aliphatic heterocycles. The number of carbonyl (C=O) groups excluding carboxylic acids is 1. The minimum absolute atomic E-state index is 0.0795. The van der Waals surface area contributed by atoms with Gasteiger partial charge in [-0.1, -0.05) is 24.0 Å². The third-order valence-corrected chi connectivity index (χ3v) is 6.86. The quantitative estimate of drug-likeness (QED) is 0.337. The zero-order valence-electron chi connectivity index (χ0n) is 22.1. The van der Waals surface area contributed by atoms with Gasteiger partial charge in [0.1, 0.15) is 0 Å². The van der Waals surface area contributed by atoms with E-state index in [1.165, 1.54) is 12.1 Å². The molecule has 1 atom stereocenters. The Labute approximate surface area is 230 Å². The summed E-state index contributed by atoms with van der Waals surface area (Å²) >= 11 is 0. The molecule has 5 rings (SSSR count). The second-order valence-electron chi connectivity index (χ2n) is 9.96. The molecule has 6 nitrogen and oxygen atoms in total. The predicted molar refractivity (Wildman–Crippen MR) is 149 cm³/mol. The first-order valence-corrected chi connectivity index (χ1v) is 13.0. The zero-order chi connectivity index (χ0) is 28.3. The van der Waals surface area contributed by atoms with Crippen LogP contribution in [0.2, 0.25) is 0 Å². The molecule has 1 fully saturated rings. The van der Waals surface area contributed by atoms with Crippen molar-refractivity contribution in [3.8, 4) is 11.8 Å². The van der Waals surface area contributed by atoms with Crippen LogP contribution in [0.15, 0.2) is 67.1 Å². The van der Waals surface area contributed by atoms with E-state index < -0.39 is 17.6 Å². The molecule has 0 aliphatic carbocycles. The lowest BCUT2D eigenvalue weighted by Gasteiger charge is -2.32. The molecule has 0 saturated carbocycles. The van der Waals surface area contributed by atoms with Crippen LogP contribution in [0.25, 0.3) is 10.9 Å². The fraction of sp³-hybridized carbons (Fsp3) is 0.258. The van der Waals surface area contributed by atoms with Crippen molar-refractivity contribution in [2.75, 3.05) is 25.0 Å². The molecule has 1 unspecified atom stereocenters. The van der Waals surface area contributed by atoms with E-state index in [0.29, 0.717) is 24.2 Å². The van der Waals surface area contributed by atoms with Gasteiger partial charge in [-0.2, -0.15) is 13.2 Å². The fourth-order valence-corrected chi connectivity index (χ4v) is 4.78. The topological polar surface area (TPSA) is 70.2 Å². The molecule has 0 bridgehead atoms. The number of alkyl halides is 3. The molecule has 1 saturated heterocycles. The van der Waals surface area contributed by atoms with Crippen LogP contribution in [0.3, 0.4) is 0 Å². The third kappa shape index (κ3) is 6.30. The Kier molecular flexibility index (Phi) is 7.83. The summed E-state index contributed by atoms with van der Waals surface area (Å²) in [4.78, 5) is 23.7. The van der Waals surface area contributed by atoms with Crippen molar-refractivity contribution in [3.05, 3.63) is 101 Å². The molecule has 0 radical (unpaired) electrons.